The third-order valence-corrected chi connectivity index (χ3v) is 3.33. The number of rotatable bonds is 1. The van der Waals surface area contributed by atoms with Gasteiger partial charge in [0.25, 0.3) is 0 Å². The van der Waals surface area contributed by atoms with Crippen molar-refractivity contribution in [2.45, 2.75) is 19.3 Å². The van der Waals surface area contributed by atoms with Crippen LogP contribution in [0.2, 0.25) is 0 Å². The summed E-state index contributed by atoms with van der Waals surface area (Å²) in [6, 6.07) is -0.662. The lowest BCUT2D eigenvalue weighted by atomic mass is 9.85. The molecule has 1 aliphatic carbocycles. The van der Waals surface area contributed by atoms with Crippen molar-refractivity contribution in [1.29, 1.82) is 0 Å². The van der Waals surface area contributed by atoms with Gasteiger partial charge < -0.3 is 0 Å². The number of carbonyl (C=O) groups is 4. The molecule has 0 N–H and O–H groups in total. The molecular weight excluding hydrogens is 236 g/mol. The summed E-state index contributed by atoms with van der Waals surface area (Å²) < 4.78 is 0. The number of imide groups is 2. The summed E-state index contributed by atoms with van der Waals surface area (Å²) in [6.45, 7) is 0. The predicted octanol–water partition coefficient (Wildman–Crippen LogP) is 0.332. The van der Waals surface area contributed by atoms with Gasteiger partial charge in [-0.25, -0.2) is 4.79 Å². The molecule has 0 radical (unpaired) electrons. The fraction of sp³-hybridized carbons (Fsp3) is 0.500. The molecule has 0 aromatic rings. The lowest BCUT2D eigenvalue weighted by Crippen LogP contribution is -2.57. The average Bonchev–Trinajstić information content (AvgIpc) is 2.36. The molecule has 18 heavy (non-hydrogen) atoms. The molecule has 96 valence electrons. The quantitative estimate of drug-likeness (QED) is 0.629. The van der Waals surface area contributed by atoms with Gasteiger partial charge in [0.15, 0.2) is 5.78 Å². The topological polar surface area (TPSA) is 74.8 Å². The van der Waals surface area contributed by atoms with E-state index in [-0.39, 0.29) is 11.4 Å². The van der Waals surface area contributed by atoms with Gasteiger partial charge in [0.2, 0.25) is 11.8 Å². The number of hydrogen-bond acceptors (Lipinski definition) is 4. The fourth-order valence-corrected chi connectivity index (χ4v) is 2.23. The van der Waals surface area contributed by atoms with Crippen LogP contribution in [0.4, 0.5) is 4.79 Å². The molecular formula is C12H14N2O4. The number of urea groups is 1. The summed E-state index contributed by atoms with van der Waals surface area (Å²) in [4.78, 5) is 49.1. The first-order valence-corrected chi connectivity index (χ1v) is 5.77. The van der Waals surface area contributed by atoms with E-state index in [1.165, 1.54) is 14.1 Å². The summed E-state index contributed by atoms with van der Waals surface area (Å²) in [5.41, 5.74) is 0.238. The number of Topliss-reactive ketones (excluding diaryl/α,β-unsaturated/α-hetero) is 1. The van der Waals surface area contributed by atoms with Crippen molar-refractivity contribution in [2.24, 2.45) is 5.92 Å². The summed E-state index contributed by atoms with van der Waals surface area (Å²) in [5, 5.41) is 0. The second-order valence-corrected chi connectivity index (χ2v) is 4.48. The molecule has 1 saturated heterocycles. The number of amides is 4. The fourth-order valence-electron chi connectivity index (χ4n) is 2.23. The molecule has 0 aromatic carbocycles. The Bertz CT molecular complexity index is 456. The van der Waals surface area contributed by atoms with Gasteiger partial charge in [-0.15, -0.1) is 0 Å². The molecule has 6 heteroatoms. The highest BCUT2D eigenvalue weighted by Crippen LogP contribution is 2.27. The maximum Gasteiger partial charge on any atom is 0.332 e. The second kappa shape index (κ2) is 4.36. The third kappa shape index (κ3) is 1.73. The first-order valence-electron chi connectivity index (χ1n) is 5.77. The van der Waals surface area contributed by atoms with E-state index in [0.29, 0.717) is 12.8 Å². The zero-order valence-electron chi connectivity index (χ0n) is 10.3. The van der Waals surface area contributed by atoms with E-state index >= 15 is 0 Å². The van der Waals surface area contributed by atoms with Crippen molar-refractivity contribution in [2.75, 3.05) is 14.1 Å². The minimum absolute atomic E-state index is 0.177. The number of ketones is 1. The van der Waals surface area contributed by atoms with Crippen molar-refractivity contribution in [1.82, 2.24) is 9.80 Å². The van der Waals surface area contributed by atoms with E-state index in [1.54, 1.807) is 6.08 Å². The van der Waals surface area contributed by atoms with Crippen molar-refractivity contribution in [3.8, 4) is 0 Å². The van der Waals surface area contributed by atoms with Crippen LogP contribution >= 0.6 is 0 Å². The van der Waals surface area contributed by atoms with Crippen LogP contribution in [0.25, 0.3) is 0 Å². The summed E-state index contributed by atoms with van der Waals surface area (Å²) in [7, 11) is 2.63. The minimum atomic E-state index is -1.15. The Morgan fingerprint density at radius 2 is 1.61 bits per heavy atom. The number of barbiturate groups is 1. The first-order chi connectivity index (χ1) is 8.45. The van der Waals surface area contributed by atoms with Crippen LogP contribution in [0, 0.1) is 5.92 Å². The second-order valence-electron chi connectivity index (χ2n) is 4.48. The number of allylic oxidation sites excluding steroid dienone is 1. The molecule has 0 bridgehead atoms. The monoisotopic (exact) mass is 250 g/mol. The summed E-state index contributed by atoms with van der Waals surface area (Å²) in [6.07, 6.45) is 3.41. The van der Waals surface area contributed by atoms with E-state index in [4.69, 9.17) is 0 Å². The van der Waals surface area contributed by atoms with Gasteiger partial charge in [0.1, 0.15) is 5.92 Å². The normalized spacial score (nSPS) is 22.7. The molecule has 4 amide bonds. The van der Waals surface area contributed by atoms with Crippen LogP contribution in [0.15, 0.2) is 11.6 Å². The van der Waals surface area contributed by atoms with Gasteiger partial charge in [0.05, 0.1) is 0 Å². The van der Waals surface area contributed by atoms with Gasteiger partial charge in [0, 0.05) is 26.1 Å². The highest BCUT2D eigenvalue weighted by molar-refractivity contribution is 6.21. The van der Waals surface area contributed by atoms with Crippen LogP contribution in [0.5, 0.6) is 0 Å². The zero-order valence-corrected chi connectivity index (χ0v) is 10.3. The lowest BCUT2D eigenvalue weighted by Gasteiger charge is -2.34. The van der Waals surface area contributed by atoms with Crippen LogP contribution in [0.3, 0.4) is 0 Å². The largest absolute Gasteiger partial charge is 0.332 e. The van der Waals surface area contributed by atoms with Crippen molar-refractivity contribution >= 4 is 23.6 Å². The molecule has 0 saturated carbocycles. The highest BCUT2D eigenvalue weighted by atomic mass is 16.2. The van der Waals surface area contributed by atoms with Gasteiger partial charge in [-0.05, 0) is 12.8 Å². The maximum absolute atomic E-state index is 12.0. The Balaban J connectivity index is 2.40. The summed E-state index contributed by atoms with van der Waals surface area (Å²) in [5.74, 6) is -2.57. The number of hydrogen-bond donors (Lipinski definition) is 0. The molecule has 0 unspecified atom stereocenters. The van der Waals surface area contributed by atoms with Gasteiger partial charge in [-0.2, -0.15) is 0 Å². The van der Waals surface area contributed by atoms with Crippen molar-refractivity contribution < 1.29 is 19.2 Å². The van der Waals surface area contributed by atoms with Crippen LogP contribution in [0.1, 0.15) is 19.3 Å². The smallest absolute Gasteiger partial charge is 0.295 e. The van der Waals surface area contributed by atoms with E-state index in [1.807, 2.05) is 0 Å². The minimum Gasteiger partial charge on any atom is -0.295 e. The Morgan fingerprint density at radius 1 is 1.06 bits per heavy atom. The Morgan fingerprint density at radius 3 is 2.11 bits per heavy atom. The SMILES string of the molecule is CN1C(=O)C(C2=CCCCC2=O)C(=O)N(C)C1=O. The standard InChI is InChI=1S/C12H14N2O4/c1-13-10(16)9(11(17)14(2)12(13)18)7-5-3-4-6-8(7)15/h5,9H,3-4,6H2,1-2H3. The van der Waals surface area contributed by atoms with Crippen LogP contribution in [-0.2, 0) is 14.4 Å². The van der Waals surface area contributed by atoms with E-state index in [2.05, 4.69) is 0 Å². The zero-order chi connectivity index (χ0) is 13.4. The number of nitrogens with zero attached hydrogens (tertiary/aromatic N) is 2. The lowest BCUT2D eigenvalue weighted by molar-refractivity contribution is -0.146. The molecule has 0 atom stereocenters. The Labute approximate surface area is 104 Å². The van der Waals surface area contributed by atoms with E-state index in [0.717, 1.165) is 16.2 Å². The van der Waals surface area contributed by atoms with E-state index in [9.17, 15) is 19.2 Å². The molecule has 6 nitrogen and oxygen atoms in total. The maximum atomic E-state index is 12.0. The summed E-state index contributed by atoms with van der Waals surface area (Å²) >= 11 is 0. The molecule has 0 spiro atoms. The molecule has 2 rings (SSSR count). The van der Waals surface area contributed by atoms with Crippen molar-refractivity contribution in [3.63, 3.8) is 0 Å². The number of carbonyl (C=O) groups excluding carboxylic acids is 4. The highest BCUT2D eigenvalue weighted by Gasteiger charge is 2.45. The third-order valence-electron chi connectivity index (χ3n) is 3.33. The Kier molecular flexibility index (Phi) is 3.02. The molecule has 2 aliphatic rings. The van der Waals surface area contributed by atoms with Crippen LogP contribution in [-0.4, -0.2) is 47.5 Å². The van der Waals surface area contributed by atoms with Crippen LogP contribution < -0.4 is 0 Å². The molecule has 1 aliphatic heterocycles. The first kappa shape index (κ1) is 12.5. The molecule has 1 heterocycles. The van der Waals surface area contributed by atoms with Gasteiger partial charge >= 0.3 is 6.03 Å². The molecule has 1 fully saturated rings. The van der Waals surface area contributed by atoms with E-state index < -0.39 is 23.8 Å². The predicted molar refractivity (Wildman–Crippen MR) is 61.4 cm³/mol. The van der Waals surface area contributed by atoms with Crippen molar-refractivity contribution in [3.05, 3.63) is 11.6 Å². The van der Waals surface area contributed by atoms with Gasteiger partial charge in [-0.3, -0.25) is 24.2 Å². The average molecular weight is 250 g/mol. The van der Waals surface area contributed by atoms with Gasteiger partial charge in [-0.1, -0.05) is 6.08 Å². The Hall–Kier alpha value is -1.98. The molecule has 0 aromatic heterocycles.